The van der Waals surface area contributed by atoms with Gasteiger partial charge in [-0.15, -0.1) is 5.92 Å². The van der Waals surface area contributed by atoms with Crippen LogP contribution in [0.25, 0.3) is 0 Å². The molecule has 0 saturated carbocycles. The molecule has 0 N–H and O–H groups in total. The molecule has 94 valence electrons. The number of benzene rings is 2. The maximum absolute atomic E-state index is 12.1. The average molecular weight is 249 g/mol. The SMILES string of the molecule is CC#CCc1ccccc1/C=[N+](\[O-])c1ccccc1. The van der Waals surface area contributed by atoms with Gasteiger partial charge in [-0.25, -0.2) is 0 Å². The Morgan fingerprint density at radius 2 is 1.74 bits per heavy atom. The Balaban J connectivity index is 2.34. The average Bonchev–Trinajstić information content (AvgIpc) is 2.47. The lowest BCUT2D eigenvalue weighted by atomic mass is 10.1. The Bertz CT molecular complexity index is 633. The van der Waals surface area contributed by atoms with Crippen molar-refractivity contribution in [1.29, 1.82) is 0 Å². The van der Waals surface area contributed by atoms with E-state index in [1.165, 1.54) is 0 Å². The zero-order chi connectivity index (χ0) is 13.5. The molecule has 0 aromatic heterocycles. The fraction of sp³-hybridized carbons (Fsp3) is 0.118. The normalized spacial score (nSPS) is 10.7. The summed E-state index contributed by atoms with van der Waals surface area (Å²) in [5, 5.41) is 12.1. The highest BCUT2D eigenvalue weighted by Gasteiger charge is 2.04. The fourth-order valence-corrected chi connectivity index (χ4v) is 1.78. The lowest BCUT2D eigenvalue weighted by Crippen LogP contribution is -2.01. The third kappa shape index (κ3) is 3.46. The molecule has 2 heteroatoms. The first-order valence-electron chi connectivity index (χ1n) is 6.15. The molecule has 0 bridgehead atoms. The Morgan fingerprint density at radius 1 is 1.05 bits per heavy atom. The number of rotatable bonds is 3. The summed E-state index contributed by atoms with van der Waals surface area (Å²) in [6, 6.07) is 17.0. The minimum atomic E-state index is 0.624. The minimum absolute atomic E-state index is 0.624. The van der Waals surface area contributed by atoms with Crippen LogP contribution in [0.4, 0.5) is 5.69 Å². The molecule has 2 aromatic carbocycles. The van der Waals surface area contributed by atoms with Crippen molar-refractivity contribution < 1.29 is 4.74 Å². The number of hydrogen-bond donors (Lipinski definition) is 0. The van der Waals surface area contributed by atoms with Crippen LogP contribution in [0.15, 0.2) is 54.6 Å². The van der Waals surface area contributed by atoms with Gasteiger partial charge in [0.2, 0.25) is 5.69 Å². The summed E-state index contributed by atoms with van der Waals surface area (Å²) in [5.74, 6) is 5.90. The van der Waals surface area contributed by atoms with Crippen LogP contribution >= 0.6 is 0 Å². The van der Waals surface area contributed by atoms with Crippen LogP contribution < -0.4 is 0 Å². The summed E-state index contributed by atoms with van der Waals surface area (Å²) in [6.45, 7) is 1.82. The van der Waals surface area contributed by atoms with E-state index in [4.69, 9.17) is 0 Å². The zero-order valence-electron chi connectivity index (χ0n) is 10.8. The van der Waals surface area contributed by atoms with E-state index in [-0.39, 0.29) is 0 Å². The molecule has 0 heterocycles. The largest absolute Gasteiger partial charge is 0.618 e. The van der Waals surface area contributed by atoms with Gasteiger partial charge in [0.25, 0.3) is 0 Å². The van der Waals surface area contributed by atoms with Gasteiger partial charge in [-0.1, -0.05) is 42.3 Å². The second-order valence-corrected chi connectivity index (χ2v) is 4.09. The molecule has 0 spiro atoms. The number of nitrogens with zero attached hydrogens (tertiary/aromatic N) is 1. The van der Waals surface area contributed by atoms with Gasteiger partial charge in [0.05, 0.1) is 0 Å². The fourth-order valence-electron chi connectivity index (χ4n) is 1.78. The first-order valence-corrected chi connectivity index (χ1v) is 6.15. The van der Waals surface area contributed by atoms with Crippen LogP contribution in [0.3, 0.4) is 0 Å². The molecule has 0 saturated heterocycles. The quantitative estimate of drug-likeness (QED) is 0.269. The van der Waals surface area contributed by atoms with Crippen molar-refractivity contribution in [2.75, 3.05) is 0 Å². The molecular weight excluding hydrogens is 234 g/mol. The molecule has 19 heavy (non-hydrogen) atoms. The van der Waals surface area contributed by atoms with Gasteiger partial charge < -0.3 is 5.21 Å². The van der Waals surface area contributed by atoms with E-state index in [1.807, 2.05) is 49.4 Å². The molecule has 0 amide bonds. The molecular formula is C17H15NO. The van der Waals surface area contributed by atoms with Crippen molar-refractivity contribution in [3.05, 3.63) is 70.9 Å². The molecule has 0 fully saturated rings. The summed E-state index contributed by atoms with van der Waals surface area (Å²) in [7, 11) is 0. The van der Waals surface area contributed by atoms with Gasteiger partial charge in [0.1, 0.15) is 0 Å². The monoisotopic (exact) mass is 249 g/mol. The van der Waals surface area contributed by atoms with E-state index in [2.05, 4.69) is 11.8 Å². The third-order valence-corrected chi connectivity index (χ3v) is 2.78. The van der Waals surface area contributed by atoms with Crippen molar-refractivity contribution in [3.8, 4) is 11.8 Å². The van der Waals surface area contributed by atoms with E-state index in [0.29, 0.717) is 12.1 Å². The van der Waals surface area contributed by atoms with Gasteiger partial charge >= 0.3 is 0 Å². The highest BCUT2D eigenvalue weighted by Crippen LogP contribution is 2.11. The Labute approximate surface area is 113 Å². The smallest absolute Gasteiger partial charge is 0.216 e. The van der Waals surface area contributed by atoms with Crippen LogP contribution in [0.1, 0.15) is 18.1 Å². The molecule has 0 unspecified atom stereocenters. The molecule has 0 radical (unpaired) electrons. The lowest BCUT2D eigenvalue weighted by Gasteiger charge is -2.04. The van der Waals surface area contributed by atoms with Gasteiger partial charge in [-0.05, 0) is 18.6 Å². The summed E-state index contributed by atoms with van der Waals surface area (Å²) in [4.78, 5) is 0. The Kier molecular flexibility index (Phi) is 4.36. The number of para-hydroxylation sites is 1. The summed E-state index contributed by atoms with van der Waals surface area (Å²) in [5.41, 5.74) is 2.59. The maximum Gasteiger partial charge on any atom is 0.216 e. The van der Waals surface area contributed by atoms with Gasteiger partial charge in [0.15, 0.2) is 6.21 Å². The van der Waals surface area contributed by atoms with Crippen LogP contribution in [0.2, 0.25) is 0 Å². The highest BCUT2D eigenvalue weighted by atomic mass is 16.5. The van der Waals surface area contributed by atoms with Crippen LogP contribution in [-0.2, 0) is 6.42 Å². The Hall–Kier alpha value is -2.53. The first-order chi connectivity index (χ1) is 9.31. The summed E-state index contributed by atoms with van der Waals surface area (Å²) < 4.78 is 0.887. The number of hydrogen-bond acceptors (Lipinski definition) is 1. The minimum Gasteiger partial charge on any atom is -0.618 e. The zero-order valence-corrected chi connectivity index (χ0v) is 10.8. The van der Waals surface area contributed by atoms with Crippen molar-refractivity contribution in [2.45, 2.75) is 13.3 Å². The van der Waals surface area contributed by atoms with E-state index >= 15 is 0 Å². The molecule has 2 nitrogen and oxygen atoms in total. The molecule has 0 atom stereocenters. The highest BCUT2D eigenvalue weighted by molar-refractivity contribution is 5.79. The molecule has 0 aliphatic rings. The van der Waals surface area contributed by atoms with Gasteiger partial charge in [0, 0.05) is 24.1 Å². The van der Waals surface area contributed by atoms with E-state index in [1.54, 1.807) is 18.3 Å². The molecule has 0 aliphatic carbocycles. The van der Waals surface area contributed by atoms with Crippen LogP contribution in [0, 0.1) is 17.0 Å². The lowest BCUT2D eigenvalue weighted by molar-refractivity contribution is -0.354. The molecule has 2 rings (SSSR count). The van der Waals surface area contributed by atoms with Crippen molar-refractivity contribution in [1.82, 2.24) is 0 Å². The standard InChI is InChI=1S/C17H15NO/c1-2-3-9-15-10-7-8-11-16(15)14-18(19)17-12-5-4-6-13-17/h4-8,10-14H,9H2,1H3/b18-14-. The van der Waals surface area contributed by atoms with E-state index in [9.17, 15) is 5.21 Å². The summed E-state index contributed by atoms with van der Waals surface area (Å²) >= 11 is 0. The van der Waals surface area contributed by atoms with Gasteiger partial charge in [-0.2, -0.15) is 4.74 Å². The topological polar surface area (TPSA) is 26.1 Å². The first kappa shape index (κ1) is 12.9. The molecule has 0 aliphatic heterocycles. The van der Waals surface area contributed by atoms with Crippen molar-refractivity contribution >= 4 is 11.9 Å². The second kappa shape index (κ2) is 6.42. The van der Waals surface area contributed by atoms with Gasteiger partial charge in [-0.3, -0.25) is 0 Å². The third-order valence-electron chi connectivity index (χ3n) is 2.78. The van der Waals surface area contributed by atoms with Crippen molar-refractivity contribution in [2.24, 2.45) is 0 Å². The predicted molar refractivity (Wildman–Crippen MR) is 78.5 cm³/mol. The van der Waals surface area contributed by atoms with Crippen LogP contribution in [0.5, 0.6) is 0 Å². The van der Waals surface area contributed by atoms with Crippen LogP contribution in [-0.4, -0.2) is 11.0 Å². The molecule has 2 aromatic rings. The maximum atomic E-state index is 12.1. The second-order valence-electron chi connectivity index (χ2n) is 4.09. The van der Waals surface area contributed by atoms with Crippen molar-refractivity contribution in [3.63, 3.8) is 0 Å². The predicted octanol–water partition coefficient (Wildman–Crippen LogP) is 3.51. The Morgan fingerprint density at radius 3 is 2.47 bits per heavy atom. The van der Waals surface area contributed by atoms with E-state index < -0.39 is 0 Å². The van der Waals surface area contributed by atoms with E-state index in [0.717, 1.165) is 15.9 Å². The summed E-state index contributed by atoms with van der Waals surface area (Å²) in [6.07, 6.45) is 2.26.